The number of nitrogens with zero attached hydrogens (tertiary/aromatic N) is 3. The van der Waals surface area contributed by atoms with Gasteiger partial charge in [-0.05, 0) is 17.5 Å². The molecule has 152 valence electrons. The Labute approximate surface area is 166 Å². The average molecular weight is 414 g/mol. The summed E-state index contributed by atoms with van der Waals surface area (Å²) in [5, 5.41) is 10.7. The number of carbonyl (C=O) groups excluding carboxylic acids is 1. The molecule has 0 saturated carbocycles. The number of carbonyl (C=O) groups is 2. The van der Waals surface area contributed by atoms with E-state index in [-0.39, 0.29) is 5.78 Å². The summed E-state index contributed by atoms with van der Waals surface area (Å²) in [6.45, 7) is 0.483. The lowest BCUT2D eigenvalue weighted by atomic mass is 9.95. The van der Waals surface area contributed by atoms with Crippen LogP contribution in [0.15, 0.2) is 41.5 Å². The number of halogens is 3. The van der Waals surface area contributed by atoms with Gasteiger partial charge in [0.2, 0.25) is 0 Å². The highest BCUT2D eigenvalue weighted by Crippen LogP contribution is 2.33. The molecule has 30 heavy (non-hydrogen) atoms. The minimum atomic E-state index is -5.08. The van der Waals surface area contributed by atoms with Gasteiger partial charge in [0, 0.05) is 29.9 Å². The van der Waals surface area contributed by atoms with E-state index in [2.05, 4.69) is 9.98 Å². The molecular formula is C20H13F3N4O3. The van der Waals surface area contributed by atoms with Crippen LogP contribution in [-0.4, -0.2) is 39.5 Å². The van der Waals surface area contributed by atoms with Crippen molar-refractivity contribution in [3.8, 4) is 0 Å². The molecule has 0 saturated heterocycles. The highest BCUT2D eigenvalue weighted by Gasteiger charge is 2.38. The number of ketones is 1. The minimum Gasteiger partial charge on any atom is -0.475 e. The van der Waals surface area contributed by atoms with E-state index in [0.29, 0.717) is 35.1 Å². The van der Waals surface area contributed by atoms with E-state index < -0.39 is 12.1 Å². The molecule has 7 nitrogen and oxygen atoms in total. The number of nitrogen functional groups attached to an aromatic ring is 1. The molecule has 0 amide bonds. The van der Waals surface area contributed by atoms with Crippen molar-refractivity contribution in [2.24, 2.45) is 4.99 Å². The number of benzene rings is 2. The summed E-state index contributed by atoms with van der Waals surface area (Å²) in [6.07, 6.45) is -2.96. The van der Waals surface area contributed by atoms with Gasteiger partial charge in [-0.25, -0.2) is 9.78 Å². The molecule has 10 heteroatoms. The number of hydrogen-bond acceptors (Lipinski definition) is 6. The van der Waals surface area contributed by atoms with Crippen LogP contribution in [0.5, 0.6) is 0 Å². The van der Waals surface area contributed by atoms with Crippen molar-refractivity contribution in [1.82, 2.24) is 9.97 Å². The molecule has 5 rings (SSSR count). The molecule has 1 aliphatic heterocycles. The molecule has 1 aliphatic rings. The third-order valence-corrected chi connectivity index (χ3v) is 4.73. The van der Waals surface area contributed by atoms with Gasteiger partial charge in [-0.2, -0.15) is 13.2 Å². The molecule has 3 heterocycles. The number of alkyl halides is 3. The fourth-order valence-electron chi connectivity index (χ4n) is 3.47. The number of aromatic nitrogens is 2. The van der Waals surface area contributed by atoms with E-state index in [1.54, 1.807) is 6.20 Å². The Kier molecular flexibility index (Phi) is 4.49. The monoisotopic (exact) mass is 414 g/mol. The second-order valence-corrected chi connectivity index (χ2v) is 6.55. The second kappa shape index (κ2) is 6.90. The van der Waals surface area contributed by atoms with Crippen molar-refractivity contribution >= 4 is 50.1 Å². The number of nitrogens with two attached hydrogens (primary N) is 1. The van der Waals surface area contributed by atoms with Gasteiger partial charge in [-0.3, -0.25) is 14.8 Å². The predicted octanol–water partition coefficient (Wildman–Crippen LogP) is 3.08. The van der Waals surface area contributed by atoms with E-state index in [4.69, 9.17) is 20.6 Å². The first-order valence-electron chi connectivity index (χ1n) is 8.76. The molecule has 0 bridgehead atoms. The van der Waals surface area contributed by atoms with E-state index in [1.807, 2.05) is 30.3 Å². The van der Waals surface area contributed by atoms with E-state index in [9.17, 15) is 18.0 Å². The second-order valence-electron chi connectivity index (χ2n) is 6.55. The summed E-state index contributed by atoms with van der Waals surface area (Å²) in [5.41, 5.74) is 9.42. The standard InChI is InChI=1S/C18H12N4O.C2HF3O2/c19-15-14-12(23)6-8-21-17(14)18-13-10(5-7-20-16(13)15)9-3-1-2-4-11(9)22-18;3-2(4,5)1(6)7/h1-5,7H,6,8,19H2;(H,6,7). The van der Waals surface area contributed by atoms with Crippen LogP contribution in [0.4, 0.5) is 18.9 Å². The van der Waals surface area contributed by atoms with Gasteiger partial charge in [0.15, 0.2) is 5.78 Å². The summed E-state index contributed by atoms with van der Waals surface area (Å²) < 4.78 is 31.7. The number of anilines is 1. The van der Waals surface area contributed by atoms with Gasteiger partial charge >= 0.3 is 12.1 Å². The van der Waals surface area contributed by atoms with E-state index in [1.165, 1.54) is 0 Å². The largest absolute Gasteiger partial charge is 0.490 e. The predicted molar refractivity (Wildman–Crippen MR) is 103 cm³/mol. The van der Waals surface area contributed by atoms with Crippen LogP contribution in [-0.2, 0) is 4.79 Å². The van der Waals surface area contributed by atoms with Crippen molar-refractivity contribution in [3.05, 3.63) is 47.4 Å². The lowest BCUT2D eigenvalue weighted by Crippen LogP contribution is -2.26. The highest BCUT2D eigenvalue weighted by atomic mass is 19.4. The Balaban J connectivity index is 0.000000272. The van der Waals surface area contributed by atoms with Crippen LogP contribution in [0, 0.1) is 0 Å². The number of carboxylic acids is 1. The maximum atomic E-state index is 12.4. The Morgan fingerprint density at radius 3 is 2.50 bits per heavy atom. The molecule has 0 fully saturated rings. The lowest BCUT2D eigenvalue weighted by Gasteiger charge is -2.15. The van der Waals surface area contributed by atoms with Crippen molar-refractivity contribution in [3.63, 3.8) is 0 Å². The Morgan fingerprint density at radius 2 is 1.80 bits per heavy atom. The first-order chi connectivity index (χ1) is 14.2. The fourth-order valence-corrected chi connectivity index (χ4v) is 3.47. The van der Waals surface area contributed by atoms with Crippen molar-refractivity contribution in [2.45, 2.75) is 12.6 Å². The third kappa shape index (κ3) is 3.06. The maximum Gasteiger partial charge on any atom is 0.490 e. The Hall–Kier alpha value is -3.82. The number of fused-ring (bicyclic) bond motifs is 4. The first-order valence-corrected chi connectivity index (χ1v) is 8.76. The quantitative estimate of drug-likeness (QED) is 0.259. The molecule has 2 aromatic heterocycles. The van der Waals surface area contributed by atoms with Gasteiger partial charge in [-0.15, -0.1) is 0 Å². The molecule has 3 N–H and O–H groups in total. The number of aliphatic carboxylic acids is 1. The molecule has 0 spiro atoms. The van der Waals surface area contributed by atoms with Crippen molar-refractivity contribution in [2.75, 3.05) is 12.3 Å². The summed E-state index contributed by atoms with van der Waals surface area (Å²) in [7, 11) is 0. The van der Waals surface area contributed by atoms with Gasteiger partial charge in [0.1, 0.15) is 0 Å². The molecule has 2 aromatic carbocycles. The van der Waals surface area contributed by atoms with Gasteiger partial charge < -0.3 is 10.8 Å². The topological polar surface area (TPSA) is 119 Å². The Morgan fingerprint density at radius 1 is 1.10 bits per heavy atom. The molecule has 0 radical (unpaired) electrons. The molecule has 0 unspecified atom stereocenters. The normalized spacial score (nSPS) is 13.6. The lowest BCUT2D eigenvalue weighted by molar-refractivity contribution is -0.192. The van der Waals surface area contributed by atoms with E-state index >= 15 is 0 Å². The van der Waals surface area contributed by atoms with Crippen molar-refractivity contribution in [1.29, 1.82) is 0 Å². The molecule has 4 aromatic rings. The van der Waals surface area contributed by atoms with Crippen molar-refractivity contribution < 1.29 is 27.9 Å². The maximum absolute atomic E-state index is 12.4. The van der Waals surface area contributed by atoms with Crippen LogP contribution in [0.3, 0.4) is 0 Å². The Bertz CT molecular complexity index is 1400. The van der Waals surface area contributed by atoms with Crippen LogP contribution in [0.25, 0.3) is 32.7 Å². The average Bonchev–Trinajstić information content (AvgIpc) is 2.71. The van der Waals surface area contributed by atoms with Gasteiger partial charge in [0.25, 0.3) is 0 Å². The zero-order valence-corrected chi connectivity index (χ0v) is 15.2. The SMILES string of the molecule is Nc1c2c(c3nc4ccccc4c4ccnc1c34)=NCCC2=O.O=C(O)C(F)(F)F. The summed E-state index contributed by atoms with van der Waals surface area (Å²) in [6, 6.07) is 9.92. The number of hydrogen-bond donors (Lipinski definition) is 2. The number of pyridine rings is 2. The summed E-state index contributed by atoms with van der Waals surface area (Å²) >= 11 is 0. The number of para-hydroxylation sites is 1. The summed E-state index contributed by atoms with van der Waals surface area (Å²) in [4.78, 5) is 35.0. The van der Waals surface area contributed by atoms with Crippen LogP contribution in [0.1, 0.15) is 16.8 Å². The number of carboxylic acid groups (broad SMARTS) is 1. The van der Waals surface area contributed by atoms with E-state index in [0.717, 1.165) is 27.2 Å². The smallest absolute Gasteiger partial charge is 0.475 e. The molecular weight excluding hydrogens is 401 g/mol. The van der Waals surface area contributed by atoms with Crippen LogP contribution in [0.2, 0.25) is 0 Å². The van der Waals surface area contributed by atoms with Crippen LogP contribution >= 0.6 is 0 Å². The van der Waals surface area contributed by atoms with Gasteiger partial charge in [0.05, 0.1) is 33.2 Å². The number of Topliss-reactive ketones (excluding diaryl/α,β-unsaturated/α-hetero) is 1. The zero-order valence-electron chi connectivity index (χ0n) is 15.2. The van der Waals surface area contributed by atoms with Crippen LogP contribution < -0.4 is 11.1 Å². The summed E-state index contributed by atoms with van der Waals surface area (Å²) in [5.74, 6) is -2.74. The van der Waals surface area contributed by atoms with Gasteiger partial charge in [-0.1, -0.05) is 18.2 Å². The molecule has 0 atom stereocenters. The fraction of sp³-hybridized carbons (Fsp3) is 0.150. The molecule has 0 aliphatic carbocycles. The first kappa shape index (κ1) is 19.5. The number of rotatable bonds is 0. The zero-order chi connectivity index (χ0) is 21.6. The third-order valence-electron chi connectivity index (χ3n) is 4.73. The minimum absolute atomic E-state index is 0.0203. The highest BCUT2D eigenvalue weighted by molar-refractivity contribution is 6.22.